The van der Waals surface area contributed by atoms with E-state index >= 15 is 0 Å². The summed E-state index contributed by atoms with van der Waals surface area (Å²) in [6.45, 7) is 0.505. The Kier molecular flexibility index (Phi) is 6.91. The molecule has 7 nitrogen and oxygen atoms in total. The first-order valence-electron chi connectivity index (χ1n) is 7.72. The van der Waals surface area contributed by atoms with Crippen LogP contribution in [0.2, 0.25) is 0 Å². The molecule has 0 fully saturated rings. The molecule has 132 valence electrons. The van der Waals surface area contributed by atoms with Gasteiger partial charge in [-0.3, -0.25) is 14.6 Å². The van der Waals surface area contributed by atoms with Crippen molar-refractivity contribution in [3.63, 3.8) is 0 Å². The average molecular weight is 344 g/mol. The van der Waals surface area contributed by atoms with Crippen LogP contribution in [-0.4, -0.2) is 53.7 Å². The largest absolute Gasteiger partial charge is 0.489 e. The molecule has 1 aromatic carbocycles. The second-order valence-corrected chi connectivity index (χ2v) is 5.28. The van der Waals surface area contributed by atoms with E-state index in [1.54, 1.807) is 36.7 Å². The number of carboxylic acid groups (broad SMARTS) is 1. The molecule has 7 heteroatoms. The van der Waals surface area contributed by atoms with Gasteiger partial charge in [0.05, 0.1) is 6.61 Å². The lowest BCUT2D eigenvalue weighted by Gasteiger charge is -2.20. The van der Waals surface area contributed by atoms with Crippen LogP contribution < -0.4 is 4.74 Å². The lowest BCUT2D eigenvalue weighted by Crippen LogP contribution is -2.37. The van der Waals surface area contributed by atoms with Crippen LogP contribution in [0.5, 0.6) is 5.75 Å². The molecule has 0 saturated carbocycles. The molecule has 0 aliphatic rings. The third kappa shape index (κ3) is 5.89. The van der Waals surface area contributed by atoms with Gasteiger partial charge >= 0.3 is 5.97 Å². The number of pyridine rings is 1. The topological polar surface area (TPSA) is 89.0 Å². The maximum atomic E-state index is 12.4. The van der Waals surface area contributed by atoms with Crippen molar-refractivity contribution < 1.29 is 24.2 Å². The van der Waals surface area contributed by atoms with Gasteiger partial charge in [0.25, 0.3) is 5.91 Å². The third-order valence-electron chi connectivity index (χ3n) is 3.43. The second kappa shape index (κ2) is 9.39. The molecular formula is C18H20N2O5. The molecule has 0 unspecified atom stereocenters. The Balaban J connectivity index is 1.99. The fourth-order valence-electron chi connectivity index (χ4n) is 2.14. The highest BCUT2D eigenvalue weighted by atomic mass is 16.5. The minimum atomic E-state index is -1.07. The highest BCUT2D eigenvalue weighted by Gasteiger charge is 2.18. The van der Waals surface area contributed by atoms with Crippen LogP contribution in [0.3, 0.4) is 0 Å². The first-order chi connectivity index (χ1) is 12.1. The van der Waals surface area contributed by atoms with Crippen LogP contribution in [0.25, 0.3) is 0 Å². The van der Waals surface area contributed by atoms with Crippen LogP contribution >= 0.6 is 0 Å². The van der Waals surface area contributed by atoms with E-state index in [2.05, 4.69) is 4.98 Å². The highest BCUT2D eigenvalue weighted by Crippen LogP contribution is 2.15. The molecule has 1 aromatic heterocycles. The van der Waals surface area contributed by atoms with Crippen molar-refractivity contribution >= 4 is 11.9 Å². The van der Waals surface area contributed by atoms with E-state index in [1.807, 2.05) is 12.1 Å². The van der Waals surface area contributed by atoms with Crippen LogP contribution in [-0.2, 0) is 16.1 Å². The molecule has 2 rings (SSSR count). The lowest BCUT2D eigenvalue weighted by molar-refractivity contribution is -0.137. The van der Waals surface area contributed by atoms with E-state index < -0.39 is 5.97 Å². The number of benzene rings is 1. The van der Waals surface area contributed by atoms with Gasteiger partial charge in [-0.25, -0.2) is 0 Å². The molecule has 0 saturated heterocycles. The molecule has 0 aliphatic heterocycles. The van der Waals surface area contributed by atoms with Crippen molar-refractivity contribution in [2.75, 3.05) is 26.8 Å². The molecule has 0 bridgehead atoms. The number of methoxy groups -OCH3 is 1. The lowest BCUT2D eigenvalue weighted by atomic mass is 10.2. The molecule has 1 N–H and O–H groups in total. The average Bonchev–Trinajstić information content (AvgIpc) is 2.64. The Hall–Kier alpha value is -2.93. The van der Waals surface area contributed by atoms with Crippen LogP contribution in [0.4, 0.5) is 0 Å². The van der Waals surface area contributed by atoms with Gasteiger partial charge in [-0.2, -0.15) is 0 Å². The molecule has 0 aliphatic carbocycles. The molecule has 2 aromatic rings. The van der Waals surface area contributed by atoms with E-state index in [0.717, 1.165) is 5.56 Å². The number of carboxylic acids is 1. The predicted octanol–water partition coefficient (Wildman–Crippen LogP) is 1.83. The minimum absolute atomic E-state index is 0.210. The summed E-state index contributed by atoms with van der Waals surface area (Å²) >= 11 is 0. The maximum Gasteiger partial charge on any atom is 0.323 e. The molecule has 0 radical (unpaired) electrons. The minimum Gasteiger partial charge on any atom is -0.489 e. The number of aliphatic carboxylic acids is 1. The summed E-state index contributed by atoms with van der Waals surface area (Å²) in [5.74, 6) is -0.808. The fourth-order valence-corrected chi connectivity index (χ4v) is 2.14. The van der Waals surface area contributed by atoms with Crippen molar-refractivity contribution in [2.45, 2.75) is 6.61 Å². The molecule has 0 atom stereocenters. The van der Waals surface area contributed by atoms with Gasteiger partial charge in [-0.05, 0) is 42.0 Å². The quantitative estimate of drug-likeness (QED) is 0.746. The van der Waals surface area contributed by atoms with Crippen molar-refractivity contribution in [2.24, 2.45) is 0 Å². The van der Waals surface area contributed by atoms with Crippen LogP contribution in [0.15, 0.2) is 48.8 Å². The predicted molar refractivity (Wildman–Crippen MR) is 90.4 cm³/mol. The van der Waals surface area contributed by atoms with E-state index in [9.17, 15) is 9.59 Å². The van der Waals surface area contributed by atoms with Gasteiger partial charge in [-0.1, -0.05) is 0 Å². The first-order valence-corrected chi connectivity index (χ1v) is 7.72. The molecular weight excluding hydrogens is 324 g/mol. The summed E-state index contributed by atoms with van der Waals surface area (Å²) in [4.78, 5) is 28.5. The molecule has 1 amide bonds. The zero-order chi connectivity index (χ0) is 18.1. The van der Waals surface area contributed by atoms with E-state index in [1.165, 1.54) is 12.0 Å². The second-order valence-electron chi connectivity index (χ2n) is 5.28. The van der Waals surface area contributed by atoms with Gasteiger partial charge in [0, 0.05) is 31.6 Å². The summed E-state index contributed by atoms with van der Waals surface area (Å²) in [5.41, 5.74) is 1.39. The van der Waals surface area contributed by atoms with E-state index in [4.69, 9.17) is 14.6 Å². The number of amides is 1. The Morgan fingerprint density at radius 1 is 1.12 bits per heavy atom. The van der Waals surface area contributed by atoms with Crippen molar-refractivity contribution in [3.8, 4) is 5.75 Å². The zero-order valence-electron chi connectivity index (χ0n) is 13.9. The normalized spacial score (nSPS) is 10.3. The number of ether oxygens (including phenoxy) is 2. The SMILES string of the molecule is COCCN(CC(=O)O)C(=O)c1ccc(OCc2ccncc2)cc1. The summed E-state index contributed by atoms with van der Waals surface area (Å²) < 4.78 is 10.6. The number of hydrogen-bond donors (Lipinski definition) is 1. The monoisotopic (exact) mass is 344 g/mol. The van der Waals surface area contributed by atoms with E-state index in [-0.39, 0.29) is 25.6 Å². The molecule has 0 spiro atoms. The summed E-state index contributed by atoms with van der Waals surface area (Å²) in [6, 6.07) is 10.3. The van der Waals surface area contributed by atoms with Gasteiger partial charge in [0.1, 0.15) is 18.9 Å². The van der Waals surface area contributed by atoms with Crippen molar-refractivity contribution in [1.29, 1.82) is 0 Å². The number of nitrogens with zero attached hydrogens (tertiary/aromatic N) is 2. The summed E-state index contributed by atoms with van der Waals surface area (Å²) in [5, 5.41) is 8.94. The number of rotatable bonds is 9. The summed E-state index contributed by atoms with van der Waals surface area (Å²) in [6.07, 6.45) is 3.38. The van der Waals surface area contributed by atoms with Gasteiger partial charge in [-0.15, -0.1) is 0 Å². The van der Waals surface area contributed by atoms with Gasteiger partial charge in [0.15, 0.2) is 0 Å². The van der Waals surface area contributed by atoms with Crippen molar-refractivity contribution in [1.82, 2.24) is 9.88 Å². The maximum absolute atomic E-state index is 12.4. The number of hydrogen-bond acceptors (Lipinski definition) is 5. The Morgan fingerprint density at radius 3 is 2.40 bits per heavy atom. The standard InChI is InChI=1S/C18H20N2O5/c1-24-11-10-20(12-17(21)22)18(23)15-2-4-16(5-3-15)25-13-14-6-8-19-9-7-14/h2-9H,10-13H2,1H3,(H,21,22). The third-order valence-corrected chi connectivity index (χ3v) is 3.43. The smallest absolute Gasteiger partial charge is 0.323 e. The van der Waals surface area contributed by atoms with Gasteiger partial charge in [0.2, 0.25) is 0 Å². The zero-order valence-corrected chi connectivity index (χ0v) is 13.9. The number of aromatic nitrogens is 1. The Bertz CT molecular complexity index is 688. The van der Waals surface area contributed by atoms with E-state index in [0.29, 0.717) is 17.9 Å². The van der Waals surface area contributed by atoms with Gasteiger partial charge < -0.3 is 19.5 Å². The summed E-state index contributed by atoms with van der Waals surface area (Å²) in [7, 11) is 1.50. The Morgan fingerprint density at radius 2 is 1.80 bits per heavy atom. The Labute approximate surface area is 145 Å². The fraction of sp³-hybridized carbons (Fsp3) is 0.278. The number of carbonyl (C=O) groups is 2. The van der Waals surface area contributed by atoms with Crippen LogP contribution in [0, 0.1) is 0 Å². The number of carbonyl (C=O) groups excluding carboxylic acids is 1. The molecule has 1 heterocycles. The highest BCUT2D eigenvalue weighted by molar-refractivity contribution is 5.95. The molecule has 25 heavy (non-hydrogen) atoms. The first kappa shape index (κ1) is 18.4. The van der Waals surface area contributed by atoms with Crippen LogP contribution in [0.1, 0.15) is 15.9 Å². The van der Waals surface area contributed by atoms with Crippen molar-refractivity contribution in [3.05, 3.63) is 59.9 Å².